The second-order valence-electron chi connectivity index (χ2n) is 7.74. The predicted molar refractivity (Wildman–Crippen MR) is 123 cm³/mol. The van der Waals surface area contributed by atoms with Gasteiger partial charge in [0.2, 0.25) is 5.91 Å². The summed E-state index contributed by atoms with van der Waals surface area (Å²) in [5.41, 5.74) is 3.66. The first-order valence-corrected chi connectivity index (χ1v) is 12.2. The molecule has 4 rings (SSSR count). The van der Waals surface area contributed by atoms with Crippen LogP contribution >= 0.6 is 11.3 Å². The summed E-state index contributed by atoms with van der Waals surface area (Å²) in [6, 6.07) is 8.86. The molecule has 1 aliphatic rings. The van der Waals surface area contributed by atoms with Crippen LogP contribution in [-0.2, 0) is 14.8 Å². The number of aryl methyl sites for hydroxylation is 3. The van der Waals surface area contributed by atoms with Gasteiger partial charge in [-0.05, 0) is 81.2 Å². The Balaban J connectivity index is 1.50. The van der Waals surface area contributed by atoms with Crippen molar-refractivity contribution in [3.63, 3.8) is 0 Å². The van der Waals surface area contributed by atoms with Crippen molar-refractivity contribution in [2.24, 2.45) is 5.92 Å². The molecular formula is C22H23N3O4S2. The fourth-order valence-corrected chi connectivity index (χ4v) is 5.46. The summed E-state index contributed by atoms with van der Waals surface area (Å²) in [6.07, 6.45) is 5.24. The Kier molecular flexibility index (Phi) is 5.72. The van der Waals surface area contributed by atoms with E-state index >= 15 is 0 Å². The van der Waals surface area contributed by atoms with Gasteiger partial charge in [0.25, 0.3) is 10.0 Å². The molecule has 1 aliphatic carbocycles. The number of hydrogen-bond acceptors (Lipinski definition) is 6. The molecule has 7 nitrogen and oxygen atoms in total. The molecule has 2 heterocycles. The van der Waals surface area contributed by atoms with Gasteiger partial charge >= 0.3 is 0 Å². The van der Waals surface area contributed by atoms with E-state index in [1.807, 2.05) is 19.9 Å². The van der Waals surface area contributed by atoms with Crippen molar-refractivity contribution in [2.75, 3.05) is 10.0 Å². The maximum atomic E-state index is 12.8. The van der Waals surface area contributed by atoms with Crippen LogP contribution < -0.4 is 10.0 Å². The minimum atomic E-state index is -3.69. The number of hydrogen-bond donors (Lipinski definition) is 2. The number of aromatic nitrogens is 1. The zero-order chi connectivity index (χ0) is 22.2. The minimum absolute atomic E-state index is 0.0251. The van der Waals surface area contributed by atoms with Gasteiger partial charge in [0.1, 0.15) is 15.6 Å². The highest BCUT2D eigenvalue weighted by molar-refractivity contribution is 7.94. The number of amides is 1. The van der Waals surface area contributed by atoms with Crippen molar-refractivity contribution in [1.29, 1.82) is 0 Å². The Labute approximate surface area is 185 Å². The van der Waals surface area contributed by atoms with Gasteiger partial charge in [-0.15, -0.1) is 11.3 Å². The quantitative estimate of drug-likeness (QED) is 0.521. The highest BCUT2D eigenvalue weighted by atomic mass is 32.2. The Bertz CT molecular complexity index is 1250. The molecule has 0 atom stereocenters. The van der Waals surface area contributed by atoms with Crippen molar-refractivity contribution >= 4 is 50.8 Å². The van der Waals surface area contributed by atoms with E-state index in [1.54, 1.807) is 43.3 Å². The summed E-state index contributed by atoms with van der Waals surface area (Å²) < 4.78 is 33.7. The van der Waals surface area contributed by atoms with Gasteiger partial charge in [0.15, 0.2) is 5.76 Å². The molecule has 1 amide bonds. The van der Waals surface area contributed by atoms with Gasteiger partial charge in [-0.1, -0.05) is 11.2 Å². The van der Waals surface area contributed by atoms with E-state index < -0.39 is 10.0 Å². The Morgan fingerprint density at radius 1 is 1.13 bits per heavy atom. The molecule has 1 fully saturated rings. The molecule has 3 aromatic rings. The van der Waals surface area contributed by atoms with Gasteiger partial charge in [0.05, 0.1) is 0 Å². The molecule has 162 valence electrons. The van der Waals surface area contributed by atoms with E-state index in [1.165, 1.54) is 0 Å². The first-order valence-electron chi connectivity index (χ1n) is 9.87. The molecule has 0 radical (unpaired) electrons. The van der Waals surface area contributed by atoms with Gasteiger partial charge < -0.3 is 9.84 Å². The van der Waals surface area contributed by atoms with E-state index in [-0.39, 0.29) is 16.0 Å². The number of carbonyl (C=O) groups excluding carboxylic acids is 1. The van der Waals surface area contributed by atoms with Gasteiger partial charge in [0, 0.05) is 16.5 Å². The third-order valence-corrected chi connectivity index (χ3v) is 7.75. The van der Waals surface area contributed by atoms with Crippen LogP contribution in [-0.4, -0.2) is 19.5 Å². The maximum absolute atomic E-state index is 12.8. The summed E-state index contributed by atoms with van der Waals surface area (Å²) >= 11 is 1.14. The Hall–Kier alpha value is -2.91. The number of anilines is 2. The zero-order valence-electron chi connectivity index (χ0n) is 17.4. The van der Waals surface area contributed by atoms with E-state index in [2.05, 4.69) is 15.2 Å². The summed E-state index contributed by atoms with van der Waals surface area (Å²) in [7, 11) is -3.69. The van der Waals surface area contributed by atoms with Crippen LogP contribution in [0.5, 0.6) is 0 Å². The summed E-state index contributed by atoms with van der Waals surface area (Å²) in [5.74, 6) is 0.474. The molecule has 2 aromatic heterocycles. The van der Waals surface area contributed by atoms with Crippen LogP contribution in [0, 0.1) is 26.7 Å². The first kappa shape index (κ1) is 21.3. The molecule has 1 saturated carbocycles. The van der Waals surface area contributed by atoms with Crippen LogP contribution in [0.4, 0.5) is 11.4 Å². The third kappa shape index (κ3) is 5.05. The van der Waals surface area contributed by atoms with E-state index in [4.69, 9.17) is 4.52 Å². The van der Waals surface area contributed by atoms with E-state index in [0.717, 1.165) is 40.2 Å². The molecule has 2 N–H and O–H groups in total. The summed E-state index contributed by atoms with van der Waals surface area (Å²) in [4.78, 5) is 12.8. The Morgan fingerprint density at radius 2 is 1.84 bits per heavy atom. The standard InChI is InChI=1S/C22H23N3O4S2/c1-13-10-14(2)12-17(11-13)25-31(27,28)20-9-7-18(30-20)6-8-19-21(15(3)24-29-19)23-22(26)16-4-5-16/h6-12,16,25H,4-5H2,1-3H3,(H,23,26). The second-order valence-corrected chi connectivity index (χ2v) is 10.8. The van der Waals surface area contributed by atoms with Gasteiger partial charge in [-0.2, -0.15) is 0 Å². The van der Waals surface area contributed by atoms with E-state index in [9.17, 15) is 13.2 Å². The van der Waals surface area contributed by atoms with Gasteiger partial charge in [-0.3, -0.25) is 9.52 Å². The number of carbonyl (C=O) groups is 1. The normalized spacial score (nSPS) is 14.2. The summed E-state index contributed by atoms with van der Waals surface area (Å²) in [5, 5.41) is 6.80. The molecule has 0 unspecified atom stereocenters. The second kappa shape index (κ2) is 8.32. The maximum Gasteiger partial charge on any atom is 0.271 e. The smallest absolute Gasteiger partial charge is 0.271 e. The van der Waals surface area contributed by atoms with Crippen LogP contribution in [0.1, 0.15) is 40.3 Å². The third-order valence-electron chi connectivity index (χ3n) is 4.83. The molecule has 0 spiro atoms. The van der Waals surface area contributed by atoms with Crippen molar-refractivity contribution in [3.8, 4) is 0 Å². The lowest BCUT2D eigenvalue weighted by Crippen LogP contribution is -2.14. The van der Waals surface area contributed by atoms with Crippen LogP contribution in [0.3, 0.4) is 0 Å². The number of nitrogens with one attached hydrogen (secondary N) is 2. The zero-order valence-corrected chi connectivity index (χ0v) is 19.1. The Morgan fingerprint density at radius 3 is 2.52 bits per heavy atom. The number of thiophene rings is 1. The highest BCUT2D eigenvalue weighted by Gasteiger charge is 2.30. The lowest BCUT2D eigenvalue weighted by molar-refractivity contribution is -0.117. The fraction of sp³-hybridized carbons (Fsp3) is 0.273. The average Bonchev–Trinajstić information content (AvgIpc) is 3.33. The van der Waals surface area contributed by atoms with E-state index in [0.29, 0.717) is 22.8 Å². The molecule has 0 saturated heterocycles. The SMILES string of the molecule is Cc1cc(C)cc(NS(=O)(=O)c2ccc(C=Cc3onc(C)c3NC(=O)C3CC3)s2)c1. The molecule has 1 aromatic carbocycles. The number of benzene rings is 1. The van der Waals surface area contributed by atoms with Crippen LogP contribution in [0.25, 0.3) is 12.2 Å². The summed E-state index contributed by atoms with van der Waals surface area (Å²) in [6.45, 7) is 5.61. The topological polar surface area (TPSA) is 101 Å². The monoisotopic (exact) mass is 457 g/mol. The highest BCUT2D eigenvalue weighted by Crippen LogP contribution is 2.32. The van der Waals surface area contributed by atoms with Gasteiger partial charge in [-0.25, -0.2) is 8.42 Å². The largest absolute Gasteiger partial charge is 0.354 e. The van der Waals surface area contributed by atoms with Crippen molar-refractivity contribution < 1.29 is 17.7 Å². The number of rotatable bonds is 7. The molecule has 31 heavy (non-hydrogen) atoms. The predicted octanol–water partition coefficient (Wildman–Crippen LogP) is 4.98. The fourth-order valence-electron chi connectivity index (χ4n) is 3.19. The molecule has 9 heteroatoms. The molecular weight excluding hydrogens is 434 g/mol. The number of nitrogens with zero attached hydrogens (tertiary/aromatic N) is 1. The minimum Gasteiger partial charge on any atom is -0.354 e. The van der Waals surface area contributed by atoms with Crippen molar-refractivity contribution in [2.45, 2.75) is 37.8 Å². The lowest BCUT2D eigenvalue weighted by atomic mass is 10.1. The van der Waals surface area contributed by atoms with Crippen LogP contribution in [0.15, 0.2) is 39.1 Å². The first-order chi connectivity index (χ1) is 14.7. The van der Waals surface area contributed by atoms with Crippen LogP contribution in [0.2, 0.25) is 0 Å². The number of sulfonamides is 1. The molecule has 0 aliphatic heterocycles. The van der Waals surface area contributed by atoms with Crippen molar-refractivity contribution in [3.05, 3.63) is 57.8 Å². The average molecular weight is 458 g/mol. The molecule has 0 bridgehead atoms. The lowest BCUT2D eigenvalue weighted by Gasteiger charge is -2.08. The van der Waals surface area contributed by atoms with Crippen molar-refractivity contribution in [1.82, 2.24) is 5.16 Å².